The lowest BCUT2D eigenvalue weighted by Crippen LogP contribution is -2.13. The SMILES string of the molecule is CNC(=O)/C=C/c1cn(-c2ccccc2)nc1-c1ccc(F)cc1. The summed E-state index contributed by atoms with van der Waals surface area (Å²) in [7, 11) is 1.57. The van der Waals surface area contributed by atoms with Crippen molar-refractivity contribution in [1.29, 1.82) is 0 Å². The van der Waals surface area contributed by atoms with Crippen molar-refractivity contribution >= 4 is 12.0 Å². The number of carbonyl (C=O) groups excluding carboxylic acids is 1. The van der Waals surface area contributed by atoms with Gasteiger partial charge in [0.05, 0.1) is 11.4 Å². The second-order valence-corrected chi connectivity index (χ2v) is 5.17. The summed E-state index contributed by atoms with van der Waals surface area (Å²) >= 11 is 0. The second-order valence-electron chi connectivity index (χ2n) is 5.17. The maximum absolute atomic E-state index is 13.2. The minimum Gasteiger partial charge on any atom is -0.356 e. The standard InChI is InChI=1S/C19H16FN3O/c1-21-18(24)12-9-15-13-23(17-5-3-2-4-6-17)22-19(15)14-7-10-16(20)11-8-14/h2-13H,1H3,(H,21,24)/b12-9+. The Bertz CT molecular complexity index is 867. The fourth-order valence-electron chi connectivity index (χ4n) is 2.30. The van der Waals surface area contributed by atoms with E-state index in [2.05, 4.69) is 10.4 Å². The molecule has 0 radical (unpaired) electrons. The molecule has 0 aliphatic rings. The van der Waals surface area contributed by atoms with Crippen LogP contribution in [-0.2, 0) is 4.79 Å². The molecule has 0 unspecified atom stereocenters. The molecule has 0 saturated carbocycles. The summed E-state index contributed by atoms with van der Waals surface area (Å²) in [6.45, 7) is 0. The van der Waals surface area contributed by atoms with Crippen molar-refractivity contribution in [3.05, 3.63) is 78.3 Å². The monoisotopic (exact) mass is 321 g/mol. The van der Waals surface area contributed by atoms with Gasteiger partial charge in [-0.3, -0.25) is 4.79 Å². The van der Waals surface area contributed by atoms with E-state index in [0.717, 1.165) is 16.8 Å². The zero-order valence-electron chi connectivity index (χ0n) is 13.1. The third kappa shape index (κ3) is 3.41. The predicted octanol–water partition coefficient (Wildman–Crippen LogP) is 3.44. The first-order valence-corrected chi connectivity index (χ1v) is 7.48. The largest absolute Gasteiger partial charge is 0.356 e. The number of carbonyl (C=O) groups is 1. The first-order valence-electron chi connectivity index (χ1n) is 7.48. The van der Waals surface area contributed by atoms with Crippen LogP contribution in [0, 0.1) is 5.82 Å². The van der Waals surface area contributed by atoms with E-state index in [1.165, 1.54) is 18.2 Å². The summed E-state index contributed by atoms with van der Waals surface area (Å²) in [5.41, 5.74) is 3.14. The van der Waals surface area contributed by atoms with Crippen molar-refractivity contribution in [2.24, 2.45) is 0 Å². The van der Waals surface area contributed by atoms with Crippen LogP contribution in [0.15, 0.2) is 66.9 Å². The zero-order chi connectivity index (χ0) is 16.9. The summed E-state index contributed by atoms with van der Waals surface area (Å²) in [6.07, 6.45) is 4.98. The van der Waals surface area contributed by atoms with Gasteiger partial charge >= 0.3 is 0 Å². The minimum absolute atomic E-state index is 0.201. The van der Waals surface area contributed by atoms with Crippen LogP contribution in [0.2, 0.25) is 0 Å². The molecule has 5 heteroatoms. The van der Waals surface area contributed by atoms with Crippen molar-refractivity contribution in [2.75, 3.05) is 7.05 Å². The molecule has 1 N–H and O–H groups in total. The number of hydrogen-bond acceptors (Lipinski definition) is 2. The molecular formula is C19H16FN3O. The summed E-state index contributed by atoms with van der Waals surface area (Å²) in [6, 6.07) is 15.8. The number of likely N-dealkylation sites (N-methyl/N-ethyl adjacent to an activating group) is 1. The number of amides is 1. The molecule has 1 heterocycles. The molecule has 0 bridgehead atoms. The van der Waals surface area contributed by atoms with Crippen LogP contribution >= 0.6 is 0 Å². The van der Waals surface area contributed by atoms with Crippen molar-refractivity contribution < 1.29 is 9.18 Å². The Kier molecular flexibility index (Phi) is 4.52. The molecule has 0 saturated heterocycles. The number of halogens is 1. The Hall–Kier alpha value is -3.21. The van der Waals surface area contributed by atoms with Crippen molar-refractivity contribution in [2.45, 2.75) is 0 Å². The van der Waals surface area contributed by atoms with E-state index in [-0.39, 0.29) is 11.7 Å². The maximum atomic E-state index is 13.2. The summed E-state index contributed by atoms with van der Waals surface area (Å²) < 4.78 is 14.9. The molecule has 3 rings (SSSR count). The molecule has 120 valence electrons. The van der Waals surface area contributed by atoms with E-state index < -0.39 is 0 Å². The first kappa shape index (κ1) is 15.7. The van der Waals surface area contributed by atoms with Crippen molar-refractivity contribution in [3.8, 4) is 16.9 Å². The van der Waals surface area contributed by atoms with E-state index in [4.69, 9.17) is 0 Å². The minimum atomic E-state index is -0.302. The van der Waals surface area contributed by atoms with Gasteiger partial charge in [-0.2, -0.15) is 5.10 Å². The lowest BCUT2D eigenvalue weighted by molar-refractivity contribution is -0.115. The lowest BCUT2D eigenvalue weighted by atomic mass is 10.1. The number of aromatic nitrogens is 2. The van der Waals surface area contributed by atoms with Crippen LogP contribution in [0.3, 0.4) is 0 Å². The third-order valence-corrected chi connectivity index (χ3v) is 3.54. The van der Waals surface area contributed by atoms with Gasteiger partial charge in [0.2, 0.25) is 5.91 Å². The van der Waals surface area contributed by atoms with E-state index in [1.807, 2.05) is 36.5 Å². The van der Waals surface area contributed by atoms with Gasteiger partial charge in [0.15, 0.2) is 0 Å². The number of hydrogen-bond donors (Lipinski definition) is 1. The zero-order valence-corrected chi connectivity index (χ0v) is 13.1. The molecule has 0 aliphatic carbocycles. The van der Waals surface area contributed by atoms with Gasteiger partial charge < -0.3 is 5.32 Å². The molecule has 1 amide bonds. The topological polar surface area (TPSA) is 46.9 Å². The number of benzene rings is 2. The molecule has 0 atom stereocenters. The molecule has 0 fully saturated rings. The molecule has 3 aromatic rings. The molecule has 24 heavy (non-hydrogen) atoms. The third-order valence-electron chi connectivity index (χ3n) is 3.54. The summed E-state index contributed by atoms with van der Waals surface area (Å²) in [5.74, 6) is -0.504. The molecule has 2 aromatic carbocycles. The van der Waals surface area contributed by atoms with Gasteiger partial charge in [-0.25, -0.2) is 9.07 Å². The Balaban J connectivity index is 2.07. The highest BCUT2D eigenvalue weighted by Gasteiger charge is 2.11. The van der Waals surface area contributed by atoms with Crippen LogP contribution in [-0.4, -0.2) is 22.7 Å². The average molecular weight is 321 g/mol. The normalized spacial score (nSPS) is 10.9. The van der Waals surface area contributed by atoms with E-state index >= 15 is 0 Å². The van der Waals surface area contributed by atoms with Crippen LogP contribution in [0.5, 0.6) is 0 Å². The van der Waals surface area contributed by atoms with Crippen LogP contribution in [0.1, 0.15) is 5.56 Å². The maximum Gasteiger partial charge on any atom is 0.243 e. The summed E-state index contributed by atoms with van der Waals surface area (Å²) in [5, 5.41) is 7.13. The highest BCUT2D eigenvalue weighted by Crippen LogP contribution is 2.25. The van der Waals surface area contributed by atoms with Crippen LogP contribution in [0.25, 0.3) is 23.0 Å². The van der Waals surface area contributed by atoms with Gasteiger partial charge in [0.1, 0.15) is 5.82 Å². The number of rotatable bonds is 4. The van der Waals surface area contributed by atoms with Gasteiger partial charge in [0.25, 0.3) is 0 Å². The van der Waals surface area contributed by atoms with E-state index in [1.54, 1.807) is 29.9 Å². The fraction of sp³-hybridized carbons (Fsp3) is 0.0526. The van der Waals surface area contributed by atoms with Crippen molar-refractivity contribution in [3.63, 3.8) is 0 Å². The van der Waals surface area contributed by atoms with Crippen LogP contribution < -0.4 is 5.32 Å². The number of para-hydroxylation sites is 1. The Morgan fingerprint density at radius 1 is 1.12 bits per heavy atom. The predicted molar refractivity (Wildman–Crippen MR) is 92.1 cm³/mol. The van der Waals surface area contributed by atoms with Crippen molar-refractivity contribution in [1.82, 2.24) is 15.1 Å². The van der Waals surface area contributed by atoms with Crippen LogP contribution in [0.4, 0.5) is 4.39 Å². The molecule has 0 aliphatic heterocycles. The number of nitrogens with zero attached hydrogens (tertiary/aromatic N) is 2. The molecule has 4 nitrogen and oxygen atoms in total. The smallest absolute Gasteiger partial charge is 0.243 e. The molecule has 1 aromatic heterocycles. The molecular weight excluding hydrogens is 305 g/mol. The van der Waals surface area contributed by atoms with E-state index in [0.29, 0.717) is 5.69 Å². The fourth-order valence-corrected chi connectivity index (χ4v) is 2.30. The van der Waals surface area contributed by atoms with Gasteiger partial charge in [-0.05, 0) is 42.5 Å². The molecule has 0 spiro atoms. The Morgan fingerprint density at radius 3 is 2.50 bits per heavy atom. The lowest BCUT2D eigenvalue weighted by Gasteiger charge is -2.00. The van der Waals surface area contributed by atoms with Gasteiger partial charge in [0, 0.05) is 30.4 Å². The highest BCUT2D eigenvalue weighted by atomic mass is 19.1. The highest BCUT2D eigenvalue weighted by molar-refractivity contribution is 5.92. The number of nitrogens with one attached hydrogen (secondary N) is 1. The average Bonchev–Trinajstić information content (AvgIpc) is 3.05. The Labute approximate surface area is 139 Å². The van der Waals surface area contributed by atoms with Gasteiger partial charge in [-0.1, -0.05) is 18.2 Å². The van der Waals surface area contributed by atoms with E-state index in [9.17, 15) is 9.18 Å². The first-order chi connectivity index (χ1) is 11.7. The Morgan fingerprint density at radius 2 is 1.83 bits per heavy atom. The quantitative estimate of drug-likeness (QED) is 0.748. The van der Waals surface area contributed by atoms with Gasteiger partial charge in [-0.15, -0.1) is 0 Å². The second kappa shape index (κ2) is 6.91. The summed E-state index contributed by atoms with van der Waals surface area (Å²) in [4.78, 5) is 11.5.